The van der Waals surface area contributed by atoms with Crippen LogP contribution in [0, 0.1) is 5.92 Å². The zero-order chi connectivity index (χ0) is 23.2. The third-order valence-electron chi connectivity index (χ3n) is 7.43. The van der Waals surface area contributed by atoms with Gasteiger partial charge in [0.05, 0.1) is 25.2 Å². The van der Waals surface area contributed by atoms with Crippen molar-refractivity contribution < 1.29 is 19.1 Å². The van der Waals surface area contributed by atoms with Gasteiger partial charge in [0, 0.05) is 18.3 Å². The van der Waals surface area contributed by atoms with Crippen molar-refractivity contribution in [3.8, 4) is 0 Å². The minimum Gasteiger partial charge on any atom is -0.466 e. The number of nitrogens with one attached hydrogen (secondary N) is 1. The number of pyridine rings is 1. The number of nitrogens with zero attached hydrogens (tertiary/aromatic N) is 1. The Morgan fingerprint density at radius 2 is 1.85 bits per heavy atom. The molecule has 0 radical (unpaired) electrons. The van der Waals surface area contributed by atoms with E-state index in [9.17, 15) is 14.4 Å². The number of carbonyl (C=O) groups is 2. The normalized spacial score (nSPS) is 25.5. The molecule has 1 aromatic heterocycles. The van der Waals surface area contributed by atoms with Crippen LogP contribution in [0.5, 0.6) is 0 Å². The summed E-state index contributed by atoms with van der Waals surface area (Å²) in [6.45, 7) is 3.37. The summed E-state index contributed by atoms with van der Waals surface area (Å²) in [4.78, 5) is 39.4. The van der Waals surface area contributed by atoms with E-state index in [-0.39, 0.29) is 41.1 Å². The second-order valence-corrected chi connectivity index (χ2v) is 9.72. The van der Waals surface area contributed by atoms with Crippen molar-refractivity contribution in [2.75, 3.05) is 13.2 Å². The van der Waals surface area contributed by atoms with E-state index >= 15 is 0 Å². The summed E-state index contributed by atoms with van der Waals surface area (Å²) in [5.74, 6) is -0.968. The molecule has 7 heteroatoms. The lowest BCUT2D eigenvalue weighted by Gasteiger charge is -2.30. The summed E-state index contributed by atoms with van der Waals surface area (Å²) >= 11 is 0. The van der Waals surface area contributed by atoms with Gasteiger partial charge >= 0.3 is 5.97 Å². The number of aromatic nitrogens is 1. The van der Waals surface area contributed by atoms with Crippen molar-refractivity contribution in [3.05, 3.63) is 33.2 Å². The molecule has 182 valence electrons. The first kappa shape index (κ1) is 24.0. The molecule has 7 nitrogen and oxygen atoms in total. The number of fused-ring (bicyclic) bond motifs is 1. The van der Waals surface area contributed by atoms with Crippen LogP contribution in [0.15, 0.2) is 10.9 Å². The molecule has 33 heavy (non-hydrogen) atoms. The van der Waals surface area contributed by atoms with Crippen molar-refractivity contribution in [2.45, 2.75) is 103 Å². The third kappa shape index (κ3) is 5.68. The lowest BCUT2D eigenvalue weighted by atomic mass is 9.84. The van der Waals surface area contributed by atoms with Crippen molar-refractivity contribution in [3.63, 3.8) is 0 Å². The Balaban J connectivity index is 1.63. The highest BCUT2D eigenvalue weighted by Crippen LogP contribution is 2.27. The molecule has 3 unspecified atom stereocenters. The van der Waals surface area contributed by atoms with Crippen molar-refractivity contribution in [2.24, 2.45) is 5.92 Å². The van der Waals surface area contributed by atoms with Crippen molar-refractivity contribution >= 4 is 11.9 Å². The fourth-order valence-corrected chi connectivity index (χ4v) is 5.66. The molecule has 4 rings (SSSR count). The van der Waals surface area contributed by atoms with Crippen LogP contribution >= 0.6 is 0 Å². The van der Waals surface area contributed by atoms with Crippen LogP contribution in [0.25, 0.3) is 0 Å². The fourth-order valence-electron chi connectivity index (χ4n) is 5.66. The Morgan fingerprint density at radius 3 is 2.61 bits per heavy atom. The van der Waals surface area contributed by atoms with Crippen LogP contribution in [-0.4, -0.2) is 41.8 Å². The number of ether oxygens (including phenoxy) is 2. The molecule has 1 saturated heterocycles. The molecule has 2 aliphatic carbocycles. The van der Waals surface area contributed by atoms with E-state index in [1.165, 1.54) is 12.8 Å². The summed E-state index contributed by atoms with van der Waals surface area (Å²) in [6.07, 6.45) is 11.6. The van der Waals surface area contributed by atoms with Gasteiger partial charge < -0.3 is 19.4 Å². The molecule has 3 atom stereocenters. The average Bonchev–Trinajstić information content (AvgIpc) is 3.30. The highest BCUT2D eigenvalue weighted by Gasteiger charge is 2.34. The Morgan fingerprint density at radius 1 is 1.06 bits per heavy atom. The van der Waals surface area contributed by atoms with E-state index in [1.807, 2.05) is 10.6 Å². The number of amides is 1. The maximum atomic E-state index is 13.6. The molecule has 2 heterocycles. The van der Waals surface area contributed by atoms with E-state index < -0.39 is 0 Å². The largest absolute Gasteiger partial charge is 0.466 e. The zero-order valence-corrected chi connectivity index (χ0v) is 19.9. The first-order valence-corrected chi connectivity index (χ1v) is 12.9. The van der Waals surface area contributed by atoms with Crippen LogP contribution in [0.1, 0.15) is 92.7 Å². The molecule has 1 N–H and O–H groups in total. The lowest BCUT2D eigenvalue weighted by molar-refractivity contribution is -0.150. The predicted octanol–water partition coefficient (Wildman–Crippen LogP) is 3.54. The second kappa shape index (κ2) is 11.3. The van der Waals surface area contributed by atoms with E-state index in [1.54, 1.807) is 6.92 Å². The quantitative estimate of drug-likeness (QED) is 0.659. The molecule has 0 aromatic carbocycles. The first-order chi connectivity index (χ1) is 16.1. The molecule has 1 saturated carbocycles. The van der Waals surface area contributed by atoms with E-state index in [0.29, 0.717) is 19.6 Å². The highest BCUT2D eigenvalue weighted by atomic mass is 16.5. The lowest BCUT2D eigenvalue weighted by Crippen LogP contribution is -2.47. The number of esters is 1. The average molecular weight is 459 g/mol. The van der Waals surface area contributed by atoms with Gasteiger partial charge in [0.25, 0.3) is 11.5 Å². The number of aryl methyl sites for hydroxylation is 1. The Bertz CT molecular complexity index is 903. The molecule has 1 aliphatic heterocycles. The molecule has 2 fully saturated rings. The Kier molecular flexibility index (Phi) is 8.23. The van der Waals surface area contributed by atoms with Crippen LogP contribution in [-0.2, 0) is 33.7 Å². The zero-order valence-electron chi connectivity index (χ0n) is 19.9. The highest BCUT2D eigenvalue weighted by molar-refractivity contribution is 5.94. The second-order valence-electron chi connectivity index (χ2n) is 9.72. The fraction of sp³-hybridized carbons (Fsp3) is 0.731. The van der Waals surface area contributed by atoms with Gasteiger partial charge in [-0.2, -0.15) is 0 Å². The molecule has 1 aromatic rings. The number of rotatable bonds is 6. The molecular weight excluding hydrogens is 420 g/mol. The predicted molar refractivity (Wildman–Crippen MR) is 125 cm³/mol. The summed E-state index contributed by atoms with van der Waals surface area (Å²) in [7, 11) is 0. The maximum Gasteiger partial charge on any atom is 0.311 e. The number of hydrogen-bond acceptors (Lipinski definition) is 5. The van der Waals surface area contributed by atoms with E-state index in [2.05, 4.69) is 5.32 Å². The Labute approximate surface area is 196 Å². The van der Waals surface area contributed by atoms with Gasteiger partial charge in [0.15, 0.2) is 0 Å². The SMILES string of the molecule is CCOC(=O)C1CCCCC1NC(=O)c1cc2c(n(CC3CCCO3)c1=O)CCCCCC2. The molecule has 1 amide bonds. The maximum absolute atomic E-state index is 13.6. The summed E-state index contributed by atoms with van der Waals surface area (Å²) < 4.78 is 12.9. The smallest absolute Gasteiger partial charge is 0.311 e. The van der Waals surface area contributed by atoms with Gasteiger partial charge in [0.1, 0.15) is 5.56 Å². The van der Waals surface area contributed by atoms with Gasteiger partial charge in [-0.15, -0.1) is 0 Å². The minimum atomic E-state index is -0.368. The summed E-state index contributed by atoms with van der Waals surface area (Å²) in [5.41, 5.74) is 2.16. The van der Waals surface area contributed by atoms with E-state index in [4.69, 9.17) is 9.47 Å². The van der Waals surface area contributed by atoms with Gasteiger partial charge in [-0.3, -0.25) is 14.4 Å². The van der Waals surface area contributed by atoms with Crippen LogP contribution in [0.4, 0.5) is 0 Å². The topological polar surface area (TPSA) is 86.6 Å². The number of carbonyl (C=O) groups excluding carboxylic acids is 2. The van der Waals surface area contributed by atoms with Gasteiger partial charge in [-0.05, 0) is 69.9 Å². The molecular formula is C26H38N2O5. The van der Waals surface area contributed by atoms with Crippen LogP contribution < -0.4 is 10.9 Å². The Hall–Kier alpha value is -2.15. The molecule has 0 bridgehead atoms. The standard InChI is InChI=1S/C26H38N2O5/c1-2-32-26(31)20-12-7-8-13-22(20)27-24(29)21-16-18-10-5-3-4-6-14-23(18)28(25(21)30)17-19-11-9-15-33-19/h16,19-20,22H,2-15,17H2,1H3,(H,27,29). The van der Waals surface area contributed by atoms with E-state index in [0.717, 1.165) is 75.7 Å². The minimum absolute atomic E-state index is 0.0297. The summed E-state index contributed by atoms with van der Waals surface area (Å²) in [5, 5.41) is 3.04. The van der Waals surface area contributed by atoms with Gasteiger partial charge in [-0.25, -0.2) is 0 Å². The van der Waals surface area contributed by atoms with Gasteiger partial charge in [0.2, 0.25) is 0 Å². The van der Waals surface area contributed by atoms with Crippen LogP contribution in [0.3, 0.4) is 0 Å². The first-order valence-electron chi connectivity index (χ1n) is 12.9. The van der Waals surface area contributed by atoms with Crippen LogP contribution in [0.2, 0.25) is 0 Å². The summed E-state index contributed by atoms with van der Waals surface area (Å²) in [6, 6.07) is 1.53. The van der Waals surface area contributed by atoms with Gasteiger partial charge in [-0.1, -0.05) is 25.7 Å². The molecule has 3 aliphatic rings. The third-order valence-corrected chi connectivity index (χ3v) is 7.43. The monoisotopic (exact) mass is 458 g/mol. The van der Waals surface area contributed by atoms with Crippen molar-refractivity contribution in [1.29, 1.82) is 0 Å². The number of hydrogen-bond donors (Lipinski definition) is 1. The molecule has 0 spiro atoms. The van der Waals surface area contributed by atoms with Crippen molar-refractivity contribution in [1.82, 2.24) is 9.88 Å².